The van der Waals surface area contributed by atoms with Crippen molar-refractivity contribution in [2.24, 2.45) is 18.2 Å². The summed E-state index contributed by atoms with van der Waals surface area (Å²) in [6.07, 6.45) is 0.775. The van der Waals surface area contributed by atoms with Crippen LogP contribution in [0.4, 0.5) is 0 Å². The molecule has 0 atom stereocenters. The van der Waals surface area contributed by atoms with Crippen LogP contribution in [0.1, 0.15) is 19.7 Å². The summed E-state index contributed by atoms with van der Waals surface area (Å²) in [5.41, 5.74) is 5.64. The predicted octanol–water partition coefficient (Wildman–Crippen LogP) is -0.262. The van der Waals surface area contributed by atoms with Crippen LogP contribution in [0.15, 0.2) is 0 Å². The zero-order valence-corrected chi connectivity index (χ0v) is 7.78. The number of aryl methyl sites for hydroxylation is 1. The average molecular weight is 169 g/mol. The lowest BCUT2D eigenvalue weighted by atomic mass is 9.89. The van der Waals surface area contributed by atoms with E-state index in [2.05, 4.69) is 29.3 Å². The molecular weight excluding hydrogens is 154 g/mol. The highest BCUT2D eigenvalue weighted by atomic mass is 15.6. The Morgan fingerprint density at radius 1 is 1.50 bits per heavy atom. The Balaban J connectivity index is 2.63. The van der Waals surface area contributed by atoms with Gasteiger partial charge < -0.3 is 5.73 Å². The molecule has 12 heavy (non-hydrogen) atoms. The Hall–Kier alpha value is -0.970. The third-order valence-corrected chi connectivity index (χ3v) is 1.74. The number of nitrogens with two attached hydrogens (primary N) is 1. The van der Waals surface area contributed by atoms with Crippen molar-refractivity contribution in [3.05, 3.63) is 5.82 Å². The molecular formula is C7H15N5. The number of nitrogens with zero attached hydrogens (tertiary/aromatic N) is 4. The van der Waals surface area contributed by atoms with Crippen LogP contribution in [0.5, 0.6) is 0 Å². The Bertz CT molecular complexity index is 252. The van der Waals surface area contributed by atoms with E-state index in [4.69, 9.17) is 5.73 Å². The van der Waals surface area contributed by atoms with Gasteiger partial charge in [0.1, 0.15) is 0 Å². The Morgan fingerprint density at radius 2 is 2.17 bits per heavy atom. The molecule has 1 aromatic rings. The first-order chi connectivity index (χ1) is 5.53. The van der Waals surface area contributed by atoms with Crippen molar-refractivity contribution in [1.82, 2.24) is 20.2 Å². The van der Waals surface area contributed by atoms with Gasteiger partial charge in [0, 0.05) is 6.42 Å². The van der Waals surface area contributed by atoms with Crippen LogP contribution in [-0.2, 0) is 13.5 Å². The van der Waals surface area contributed by atoms with E-state index in [1.807, 2.05) is 0 Å². The van der Waals surface area contributed by atoms with Crippen LogP contribution >= 0.6 is 0 Å². The van der Waals surface area contributed by atoms with E-state index in [-0.39, 0.29) is 5.41 Å². The van der Waals surface area contributed by atoms with E-state index in [1.54, 1.807) is 7.05 Å². The summed E-state index contributed by atoms with van der Waals surface area (Å²) >= 11 is 0. The summed E-state index contributed by atoms with van der Waals surface area (Å²) in [7, 11) is 1.76. The first-order valence-corrected chi connectivity index (χ1v) is 3.96. The second-order valence-corrected chi connectivity index (χ2v) is 3.74. The van der Waals surface area contributed by atoms with E-state index in [0.717, 1.165) is 12.2 Å². The van der Waals surface area contributed by atoms with Gasteiger partial charge in [-0.3, -0.25) is 0 Å². The van der Waals surface area contributed by atoms with Crippen LogP contribution in [0.25, 0.3) is 0 Å². The monoisotopic (exact) mass is 169 g/mol. The summed E-state index contributed by atoms with van der Waals surface area (Å²) in [5, 5.41) is 11.7. The molecule has 5 nitrogen and oxygen atoms in total. The quantitative estimate of drug-likeness (QED) is 0.676. The highest BCUT2D eigenvalue weighted by molar-refractivity contribution is 4.86. The first-order valence-electron chi connectivity index (χ1n) is 3.96. The summed E-state index contributed by atoms with van der Waals surface area (Å²) in [4.78, 5) is 1.46. The van der Waals surface area contributed by atoms with Gasteiger partial charge in [-0.15, -0.1) is 10.2 Å². The fourth-order valence-electron chi connectivity index (χ4n) is 0.894. The van der Waals surface area contributed by atoms with Crippen LogP contribution in [-0.4, -0.2) is 26.8 Å². The molecule has 68 valence electrons. The molecule has 0 aliphatic rings. The summed E-state index contributed by atoms with van der Waals surface area (Å²) < 4.78 is 0. The lowest BCUT2D eigenvalue weighted by Crippen LogP contribution is -2.26. The predicted molar refractivity (Wildman–Crippen MR) is 45.3 cm³/mol. The third-order valence-electron chi connectivity index (χ3n) is 1.74. The molecule has 2 N–H and O–H groups in total. The van der Waals surface area contributed by atoms with Gasteiger partial charge >= 0.3 is 0 Å². The van der Waals surface area contributed by atoms with Gasteiger partial charge in [-0.2, -0.15) is 4.80 Å². The molecule has 0 unspecified atom stereocenters. The van der Waals surface area contributed by atoms with Crippen molar-refractivity contribution in [3.63, 3.8) is 0 Å². The number of rotatable bonds is 3. The van der Waals surface area contributed by atoms with E-state index in [1.165, 1.54) is 4.80 Å². The van der Waals surface area contributed by atoms with Crippen LogP contribution in [0.3, 0.4) is 0 Å². The highest BCUT2D eigenvalue weighted by Gasteiger charge is 2.18. The van der Waals surface area contributed by atoms with E-state index >= 15 is 0 Å². The molecule has 0 aliphatic carbocycles. The number of hydrogen-bond donors (Lipinski definition) is 1. The van der Waals surface area contributed by atoms with Gasteiger partial charge in [0.05, 0.1) is 7.05 Å². The molecule has 0 bridgehead atoms. The van der Waals surface area contributed by atoms with Gasteiger partial charge in [-0.05, 0) is 17.2 Å². The van der Waals surface area contributed by atoms with Crippen molar-refractivity contribution < 1.29 is 0 Å². The molecule has 1 rings (SSSR count). The van der Waals surface area contributed by atoms with Gasteiger partial charge in [0.15, 0.2) is 5.82 Å². The molecule has 1 heterocycles. The Morgan fingerprint density at radius 3 is 2.58 bits per heavy atom. The summed E-state index contributed by atoms with van der Waals surface area (Å²) in [5.74, 6) is 0.757. The lowest BCUT2D eigenvalue weighted by Gasteiger charge is -2.19. The summed E-state index contributed by atoms with van der Waals surface area (Å²) in [6, 6.07) is 0. The van der Waals surface area contributed by atoms with E-state index < -0.39 is 0 Å². The number of aromatic nitrogens is 4. The maximum Gasteiger partial charge on any atom is 0.175 e. The first kappa shape index (κ1) is 9.12. The number of tetrazole rings is 1. The van der Waals surface area contributed by atoms with E-state index in [0.29, 0.717) is 6.54 Å². The maximum absolute atomic E-state index is 5.58. The van der Waals surface area contributed by atoms with Gasteiger partial charge in [-0.25, -0.2) is 0 Å². The molecule has 0 spiro atoms. The van der Waals surface area contributed by atoms with Gasteiger partial charge in [-0.1, -0.05) is 13.8 Å². The molecule has 0 fully saturated rings. The van der Waals surface area contributed by atoms with Crippen molar-refractivity contribution in [3.8, 4) is 0 Å². The van der Waals surface area contributed by atoms with Crippen LogP contribution < -0.4 is 5.73 Å². The Labute approximate surface area is 71.9 Å². The third kappa shape index (κ3) is 2.27. The summed E-state index contributed by atoms with van der Waals surface area (Å²) in [6.45, 7) is 4.80. The molecule has 0 saturated heterocycles. The SMILES string of the molecule is Cn1nnc(CC(C)(C)CN)n1. The molecule has 1 aromatic heterocycles. The standard InChI is InChI=1S/C7H15N5/c1-7(2,5-8)4-6-9-11-12(3)10-6/h4-5,8H2,1-3H3. The fraction of sp³-hybridized carbons (Fsp3) is 0.857. The van der Waals surface area contributed by atoms with Crippen molar-refractivity contribution >= 4 is 0 Å². The largest absolute Gasteiger partial charge is 0.330 e. The van der Waals surface area contributed by atoms with Crippen molar-refractivity contribution in [1.29, 1.82) is 0 Å². The lowest BCUT2D eigenvalue weighted by molar-refractivity contribution is 0.367. The number of hydrogen-bond acceptors (Lipinski definition) is 4. The normalized spacial score (nSPS) is 12.0. The Kier molecular flexibility index (Phi) is 2.42. The molecule has 0 amide bonds. The highest BCUT2D eigenvalue weighted by Crippen LogP contribution is 2.16. The second-order valence-electron chi connectivity index (χ2n) is 3.74. The smallest absolute Gasteiger partial charge is 0.175 e. The zero-order valence-electron chi connectivity index (χ0n) is 7.78. The van der Waals surface area contributed by atoms with E-state index in [9.17, 15) is 0 Å². The minimum atomic E-state index is 0.0586. The van der Waals surface area contributed by atoms with Crippen LogP contribution in [0.2, 0.25) is 0 Å². The maximum atomic E-state index is 5.58. The van der Waals surface area contributed by atoms with Crippen LogP contribution in [0, 0.1) is 5.41 Å². The minimum Gasteiger partial charge on any atom is -0.330 e. The minimum absolute atomic E-state index is 0.0586. The molecule has 0 aliphatic heterocycles. The van der Waals surface area contributed by atoms with Crippen molar-refractivity contribution in [2.45, 2.75) is 20.3 Å². The van der Waals surface area contributed by atoms with Crippen molar-refractivity contribution in [2.75, 3.05) is 6.54 Å². The molecule has 0 saturated carbocycles. The zero-order chi connectivity index (χ0) is 9.19. The second kappa shape index (κ2) is 3.18. The fourth-order valence-corrected chi connectivity index (χ4v) is 0.894. The van der Waals surface area contributed by atoms with Gasteiger partial charge in [0.2, 0.25) is 0 Å². The molecule has 5 heteroatoms. The molecule has 0 aromatic carbocycles. The van der Waals surface area contributed by atoms with Gasteiger partial charge in [0.25, 0.3) is 0 Å². The molecule has 0 radical (unpaired) electrons. The topological polar surface area (TPSA) is 69.6 Å². The average Bonchev–Trinajstić information content (AvgIpc) is 2.35.